The molecule has 1 amide bonds. The molecule has 0 spiro atoms. The fourth-order valence-electron chi connectivity index (χ4n) is 4.39. The number of aromatic nitrogens is 4. The average molecular weight is 403 g/mol. The summed E-state index contributed by atoms with van der Waals surface area (Å²) in [5.41, 5.74) is 4.67. The van der Waals surface area contributed by atoms with Gasteiger partial charge in [-0.25, -0.2) is 9.37 Å². The molecule has 0 radical (unpaired) electrons. The van der Waals surface area contributed by atoms with Crippen LogP contribution in [-0.4, -0.2) is 43.1 Å². The van der Waals surface area contributed by atoms with Crippen LogP contribution in [0.5, 0.6) is 0 Å². The van der Waals surface area contributed by atoms with Crippen molar-refractivity contribution in [2.45, 2.75) is 25.9 Å². The molecule has 2 aromatic carbocycles. The van der Waals surface area contributed by atoms with Gasteiger partial charge in [-0.3, -0.25) is 9.89 Å². The first-order chi connectivity index (χ1) is 14.6. The van der Waals surface area contributed by atoms with Gasteiger partial charge in [0.25, 0.3) is 5.91 Å². The summed E-state index contributed by atoms with van der Waals surface area (Å²) in [5.74, 6) is -0.0256. The molecular formula is C23H22FN5O. The number of hydrogen-bond acceptors (Lipinski definition) is 3. The third kappa shape index (κ3) is 3.36. The number of likely N-dealkylation sites (tertiary alicyclic amines) is 1. The molecule has 3 heterocycles. The van der Waals surface area contributed by atoms with Crippen LogP contribution in [0.4, 0.5) is 4.39 Å². The molecule has 30 heavy (non-hydrogen) atoms. The highest BCUT2D eigenvalue weighted by Gasteiger charge is 2.33. The molecule has 5 rings (SSSR count). The highest BCUT2D eigenvalue weighted by Crippen LogP contribution is 2.28. The Morgan fingerprint density at radius 1 is 1.20 bits per heavy atom. The summed E-state index contributed by atoms with van der Waals surface area (Å²) >= 11 is 0. The van der Waals surface area contributed by atoms with Crippen LogP contribution in [-0.2, 0) is 6.54 Å². The lowest BCUT2D eigenvalue weighted by Crippen LogP contribution is -2.34. The lowest BCUT2D eigenvalue weighted by Gasteiger charge is -2.21. The van der Waals surface area contributed by atoms with E-state index in [9.17, 15) is 9.18 Å². The Labute approximate surface area is 173 Å². The largest absolute Gasteiger partial charge is 0.336 e. The third-order valence-corrected chi connectivity index (χ3v) is 5.92. The Morgan fingerprint density at radius 3 is 2.80 bits per heavy atom. The number of benzene rings is 2. The van der Waals surface area contributed by atoms with Gasteiger partial charge in [0, 0.05) is 36.5 Å². The van der Waals surface area contributed by atoms with Crippen molar-refractivity contribution >= 4 is 16.9 Å². The Hall–Kier alpha value is -3.48. The topological polar surface area (TPSA) is 66.8 Å². The van der Waals surface area contributed by atoms with Gasteiger partial charge in [0.15, 0.2) is 0 Å². The van der Waals surface area contributed by atoms with Gasteiger partial charge in [-0.15, -0.1) is 0 Å². The Balaban J connectivity index is 1.32. The number of amides is 1. The minimum atomic E-state index is -0.332. The molecule has 2 atom stereocenters. The van der Waals surface area contributed by atoms with Gasteiger partial charge in [-0.05, 0) is 61.2 Å². The zero-order valence-corrected chi connectivity index (χ0v) is 16.6. The summed E-state index contributed by atoms with van der Waals surface area (Å²) in [5, 5.41) is 6.84. The first-order valence-corrected chi connectivity index (χ1v) is 10.1. The van der Waals surface area contributed by atoms with Crippen molar-refractivity contribution in [3.8, 4) is 11.1 Å². The minimum Gasteiger partial charge on any atom is -0.336 e. The van der Waals surface area contributed by atoms with E-state index in [1.54, 1.807) is 18.3 Å². The van der Waals surface area contributed by atoms with Crippen molar-refractivity contribution in [3.05, 3.63) is 72.6 Å². The molecule has 1 aliphatic rings. The molecule has 0 saturated carbocycles. The molecule has 2 aromatic heterocycles. The van der Waals surface area contributed by atoms with E-state index >= 15 is 0 Å². The van der Waals surface area contributed by atoms with Crippen LogP contribution in [0.25, 0.3) is 22.2 Å². The second kappa shape index (κ2) is 7.40. The summed E-state index contributed by atoms with van der Waals surface area (Å²) in [7, 11) is 0. The van der Waals surface area contributed by atoms with E-state index in [1.165, 1.54) is 12.1 Å². The fourth-order valence-corrected chi connectivity index (χ4v) is 4.39. The summed E-state index contributed by atoms with van der Waals surface area (Å²) in [4.78, 5) is 19.3. The van der Waals surface area contributed by atoms with E-state index in [2.05, 4.69) is 44.9 Å². The fraction of sp³-hybridized carbons (Fsp3) is 0.261. The highest BCUT2D eigenvalue weighted by atomic mass is 19.1. The van der Waals surface area contributed by atoms with Gasteiger partial charge < -0.3 is 9.47 Å². The normalized spacial score (nSPS) is 18.9. The number of H-pyrrole nitrogens is 1. The summed E-state index contributed by atoms with van der Waals surface area (Å²) in [6.45, 7) is 3.56. The lowest BCUT2D eigenvalue weighted by atomic mass is 10.1. The maximum absolute atomic E-state index is 13.2. The third-order valence-electron chi connectivity index (χ3n) is 5.92. The summed E-state index contributed by atoms with van der Waals surface area (Å²) in [6.07, 6.45) is 6.47. The predicted octanol–water partition coefficient (Wildman–Crippen LogP) is 4.12. The standard InChI is InChI=1S/C23H22FN5O/c1-15-8-16(13-29(15)23(30)17-2-5-20(24)6-3-17)12-28-14-25-21-9-18(4-7-22(21)28)19-10-26-27-11-19/h2-7,9-11,14-16H,8,12-13H2,1H3,(H,26,27)/t15-,16?/m1/s1. The van der Waals surface area contributed by atoms with Gasteiger partial charge in [0.1, 0.15) is 5.82 Å². The highest BCUT2D eigenvalue weighted by molar-refractivity contribution is 5.94. The van der Waals surface area contributed by atoms with Crippen molar-refractivity contribution in [1.82, 2.24) is 24.6 Å². The predicted molar refractivity (Wildman–Crippen MR) is 112 cm³/mol. The zero-order chi connectivity index (χ0) is 20.7. The first-order valence-electron chi connectivity index (χ1n) is 10.1. The number of hydrogen-bond donors (Lipinski definition) is 1. The van der Waals surface area contributed by atoms with Crippen LogP contribution in [0.3, 0.4) is 0 Å². The number of carbonyl (C=O) groups excluding carboxylic acids is 1. The van der Waals surface area contributed by atoms with Crippen molar-refractivity contribution in [1.29, 1.82) is 0 Å². The molecule has 1 unspecified atom stereocenters. The van der Waals surface area contributed by atoms with Crippen molar-refractivity contribution in [2.24, 2.45) is 5.92 Å². The molecule has 0 bridgehead atoms. The average Bonchev–Trinajstić information content (AvgIpc) is 3.49. The van der Waals surface area contributed by atoms with Gasteiger partial charge in [0.05, 0.1) is 23.6 Å². The van der Waals surface area contributed by atoms with Crippen molar-refractivity contribution < 1.29 is 9.18 Å². The van der Waals surface area contributed by atoms with E-state index in [1.807, 2.05) is 17.4 Å². The van der Waals surface area contributed by atoms with E-state index in [4.69, 9.17) is 0 Å². The van der Waals surface area contributed by atoms with E-state index < -0.39 is 0 Å². The van der Waals surface area contributed by atoms with Crippen LogP contribution < -0.4 is 0 Å². The summed E-state index contributed by atoms with van der Waals surface area (Å²) < 4.78 is 15.3. The van der Waals surface area contributed by atoms with E-state index in [0.717, 1.165) is 35.1 Å². The SMILES string of the molecule is C[C@@H]1CC(Cn2cnc3cc(-c4cn[nH]c4)ccc32)CN1C(=O)c1ccc(F)cc1. The maximum atomic E-state index is 13.2. The second-order valence-corrected chi connectivity index (χ2v) is 8.00. The van der Waals surface area contributed by atoms with Gasteiger partial charge >= 0.3 is 0 Å². The molecular weight excluding hydrogens is 381 g/mol. The number of rotatable bonds is 4. The van der Waals surface area contributed by atoms with Gasteiger partial charge in [-0.2, -0.15) is 5.10 Å². The first kappa shape index (κ1) is 18.5. The van der Waals surface area contributed by atoms with Crippen LogP contribution in [0.15, 0.2) is 61.2 Å². The Bertz CT molecular complexity index is 1180. The van der Waals surface area contributed by atoms with Crippen molar-refractivity contribution in [3.63, 3.8) is 0 Å². The van der Waals surface area contributed by atoms with Gasteiger partial charge in [0.2, 0.25) is 0 Å². The van der Waals surface area contributed by atoms with Crippen LogP contribution >= 0.6 is 0 Å². The Morgan fingerprint density at radius 2 is 2.03 bits per heavy atom. The maximum Gasteiger partial charge on any atom is 0.254 e. The number of halogens is 1. The number of aromatic amines is 1. The molecule has 4 aromatic rings. The molecule has 152 valence electrons. The van der Waals surface area contributed by atoms with Crippen LogP contribution in [0.1, 0.15) is 23.7 Å². The van der Waals surface area contributed by atoms with Crippen molar-refractivity contribution in [2.75, 3.05) is 6.54 Å². The Kier molecular flexibility index (Phi) is 4.58. The molecule has 7 heteroatoms. The number of fused-ring (bicyclic) bond motifs is 1. The molecule has 6 nitrogen and oxygen atoms in total. The summed E-state index contributed by atoms with van der Waals surface area (Å²) in [6, 6.07) is 12.2. The zero-order valence-electron chi connectivity index (χ0n) is 16.6. The van der Waals surface area contributed by atoms with Gasteiger partial charge in [-0.1, -0.05) is 6.07 Å². The number of nitrogens with one attached hydrogen (secondary N) is 1. The molecule has 1 N–H and O–H groups in total. The van der Waals surface area contributed by atoms with E-state index in [0.29, 0.717) is 18.0 Å². The molecule has 1 saturated heterocycles. The van der Waals surface area contributed by atoms with Crippen LogP contribution in [0, 0.1) is 11.7 Å². The molecule has 1 aliphatic heterocycles. The molecule has 1 fully saturated rings. The smallest absolute Gasteiger partial charge is 0.254 e. The molecule has 0 aliphatic carbocycles. The number of imidazole rings is 1. The second-order valence-electron chi connectivity index (χ2n) is 8.00. The number of carbonyl (C=O) groups is 1. The monoisotopic (exact) mass is 403 g/mol. The minimum absolute atomic E-state index is 0.0368. The quantitative estimate of drug-likeness (QED) is 0.557. The van der Waals surface area contributed by atoms with Crippen LogP contribution in [0.2, 0.25) is 0 Å². The lowest BCUT2D eigenvalue weighted by molar-refractivity contribution is 0.0742. The van der Waals surface area contributed by atoms with E-state index in [-0.39, 0.29) is 17.8 Å². The number of nitrogens with zero attached hydrogens (tertiary/aromatic N) is 4.